The number of hydrogen-bond acceptors (Lipinski definition) is 3. The molecule has 0 spiro atoms. The van der Waals surface area contributed by atoms with Crippen LogP contribution in [0.3, 0.4) is 0 Å². The van der Waals surface area contributed by atoms with Crippen LogP contribution in [0.4, 0.5) is 5.69 Å². The second-order valence-electron chi connectivity index (χ2n) is 5.16. The molecule has 0 atom stereocenters. The molecule has 0 aliphatic carbocycles. The second kappa shape index (κ2) is 7.05. The molecule has 0 aromatic heterocycles. The van der Waals surface area contributed by atoms with Gasteiger partial charge in [0.25, 0.3) is 0 Å². The highest BCUT2D eigenvalue weighted by atomic mass is 16.2. The van der Waals surface area contributed by atoms with Crippen LogP contribution >= 0.6 is 0 Å². The average Bonchev–Trinajstić information content (AvgIpc) is 2.59. The minimum atomic E-state index is -0.141. The molecule has 0 unspecified atom stereocenters. The number of rotatable bonds is 2. The van der Waals surface area contributed by atoms with Gasteiger partial charge in [-0.1, -0.05) is 11.8 Å². The molecule has 2 rings (SSSR count). The van der Waals surface area contributed by atoms with E-state index in [0.717, 1.165) is 24.0 Å². The fourth-order valence-electron chi connectivity index (χ4n) is 2.39. The van der Waals surface area contributed by atoms with Crippen LogP contribution in [-0.4, -0.2) is 23.5 Å². The molecule has 1 heterocycles. The van der Waals surface area contributed by atoms with Crippen molar-refractivity contribution in [2.75, 3.05) is 11.5 Å². The van der Waals surface area contributed by atoms with Gasteiger partial charge >= 0.3 is 0 Å². The summed E-state index contributed by atoms with van der Waals surface area (Å²) in [6.07, 6.45) is 2.74. The van der Waals surface area contributed by atoms with Gasteiger partial charge in [0.1, 0.15) is 0 Å². The lowest BCUT2D eigenvalue weighted by atomic mass is 10.1. The molecule has 1 N–H and O–H groups in total. The van der Waals surface area contributed by atoms with E-state index in [1.54, 1.807) is 6.07 Å². The summed E-state index contributed by atoms with van der Waals surface area (Å²) in [5, 5.41) is 8.76. The van der Waals surface area contributed by atoms with Crippen LogP contribution in [0.1, 0.15) is 43.2 Å². The SMILES string of the molecule is Cc1cc(C#CCCO)cc(N2C(=O)CCCCC2=O)c1. The van der Waals surface area contributed by atoms with Crippen molar-refractivity contribution in [3.63, 3.8) is 0 Å². The average molecular weight is 285 g/mol. The highest BCUT2D eigenvalue weighted by molar-refractivity contribution is 6.15. The summed E-state index contributed by atoms with van der Waals surface area (Å²) in [5.41, 5.74) is 2.30. The Hall–Kier alpha value is -2.12. The number of aliphatic hydroxyl groups excluding tert-OH is 1. The minimum absolute atomic E-state index is 0.0226. The van der Waals surface area contributed by atoms with Gasteiger partial charge in [0.2, 0.25) is 11.8 Å². The zero-order valence-corrected chi connectivity index (χ0v) is 12.2. The zero-order valence-electron chi connectivity index (χ0n) is 12.2. The predicted octanol–water partition coefficient (Wildman–Crippen LogP) is 2.16. The Balaban J connectivity index is 2.36. The molecule has 0 bridgehead atoms. The normalized spacial score (nSPS) is 15.4. The maximum atomic E-state index is 12.1. The van der Waals surface area contributed by atoms with Crippen molar-refractivity contribution in [1.82, 2.24) is 0 Å². The minimum Gasteiger partial charge on any atom is -0.395 e. The van der Waals surface area contributed by atoms with Crippen LogP contribution in [0.15, 0.2) is 18.2 Å². The summed E-state index contributed by atoms with van der Waals surface area (Å²) in [6, 6.07) is 5.50. The quantitative estimate of drug-likeness (QED) is 0.669. The molecule has 4 nitrogen and oxygen atoms in total. The first-order chi connectivity index (χ1) is 10.1. The van der Waals surface area contributed by atoms with E-state index in [9.17, 15) is 9.59 Å². The van der Waals surface area contributed by atoms with Crippen molar-refractivity contribution in [3.05, 3.63) is 29.3 Å². The fraction of sp³-hybridized carbons (Fsp3) is 0.412. The number of imide groups is 1. The lowest BCUT2D eigenvalue weighted by molar-refractivity contribution is -0.125. The maximum absolute atomic E-state index is 12.1. The number of benzene rings is 1. The van der Waals surface area contributed by atoms with E-state index in [2.05, 4.69) is 11.8 Å². The van der Waals surface area contributed by atoms with Gasteiger partial charge in [0.05, 0.1) is 12.3 Å². The zero-order chi connectivity index (χ0) is 15.2. The van der Waals surface area contributed by atoms with E-state index in [-0.39, 0.29) is 18.4 Å². The van der Waals surface area contributed by atoms with E-state index in [1.807, 2.05) is 19.1 Å². The van der Waals surface area contributed by atoms with Crippen LogP contribution in [-0.2, 0) is 9.59 Å². The van der Waals surface area contributed by atoms with Gasteiger partial charge in [-0.2, -0.15) is 0 Å². The molecule has 110 valence electrons. The lowest BCUT2D eigenvalue weighted by Crippen LogP contribution is -2.35. The number of aryl methyl sites for hydroxylation is 1. The number of amides is 2. The van der Waals surface area contributed by atoms with Crippen LogP contribution in [0, 0.1) is 18.8 Å². The molecular weight excluding hydrogens is 266 g/mol. The van der Waals surface area contributed by atoms with Gasteiger partial charge in [-0.25, -0.2) is 0 Å². The van der Waals surface area contributed by atoms with Crippen molar-refractivity contribution in [1.29, 1.82) is 0 Å². The molecule has 0 saturated carbocycles. The number of hydrogen-bond donors (Lipinski definition) is 1. The van der Waals surface area contributed by atoms with Crippen molar-refractivity contribution in [3.8, 4) is 11.8 Å². The van der Waals surface area contributed by atoms with Gasteiger partial charge in [-0.3, -0.25) is 14.5 Å². The van der Waals surface area contributed by atoms with E-state index >= 15 is 0 Å². The first-order valence-electron chi connectivity index (χ1n) is 7.19. The lowest BCUT2D eigenvalue weighted by Gasteiger charge is -2.19. The van der Waals surface area contributed by atoms with Crippen molar-refractivity contribution >= 4 is 17.5 Å². The van der Waals surface area contributed by atoms with Crippen LogP contribution in [0.25, 0.3) is 0 Å². The highest BCUT2D eigenvalue weighted by Gasteiger charge is 2.25. The standard InChI is InChI=1S/C17H19NO3/c1-13-10-14(6-4-5-9-19)12-15(11-13)18-16(20)7-2-3-8-17(18)21/h10-12,19H,2-3,5,7-9H2,1H3. The molecule has 1 saturated heterocycles. The molecule has 0 radical (unpaired) electrons. The Morgan fingerprint density at radius 2 is 1.81 bits per heavy atom. The smallest absolute Gasteiger partial charge is 0.233 e. The third-order valence-electron chi connectivity index (χ3n) is 3.32. The Morgan fingerprint density at radius 1 is 1.14 bits per heavy atom. The Bertz CT molecular complexity index is 592. The van der Waals surface area contributed by atoms with E-state index < -0.39 is 0 Å². The first kappa shape index (κ1) is 15.3. The third-order valence-corrected chi connectivity index (χ3v) is 3.32. The van der Waals surface area contributed by atoms with Gasteiger partial charge in [0.15, 0.2) is 0 Å². The van der Waals surface area contributed by atoms with Gasteiger partial charge in [-0.15, -0.1) is 0 Å². The second-order valence-corrected chi connectivity index (χ2v) is 5.16. The van der Waals surface area contributed by atoms with Gasteiger partial charge < -0.3 is 5.11 Å². The van der Waals surface area contributed by atoms with Crippen LogP contribution < -0.4 is 4.90 Å². The monoisotopic (exact) mass is 285 g/mol. The summed E-state index contributed by atoms with van der Waals surface area (Å²) in [7, 11) is 0. The van der Waals surface area contributed by atoms with Crippen molar-refractivity contribution in [2.24, 2.45) is 0 Å². The molecular formula is C17H19NO3. The molecule has 1 aliphatic rings. The van der Waals surface area contributed by atoms with E-state index in [0.29, 0.717) is 24.9 Å². The van der Waals surface area contributed by atoms with Gasteiger partial charge in [0, 0.05) is 24.8 Å². The summed E-state index contributed by atoms with van der Waals surface area (Å²) < 4.78 is 0. The summed E-state index contributed by atoms with van der Waals surface area (Å²) >= 11 is 0. The van der Waals surface area contributed by atoms with Crippen molar-refractivity contribution < 1.29 is 14.7 Å². The Labute approximate surface area is 124 Å². The molecule has 1 aliphatic heterocycles. The predicted molar refractivity (Wildman–Crippen MR) is 80.7 cm³/mol. The summed E-state index contributed by atoms with van der Waals surface area (Å²) in [5.74, 6) is 5.52. The van der Waals surface area contributed by atoms with Gasteiger partial charge in [-0.05, 0) is 43.5 Å². The Morgan fingerprint density at radius 3 is 2.43 bits per heavy atom. The number of aliphatic hydroxyl groups is 1. The largest absolute Gasteiger partial charge is 0.395 e. The number of carbonyl (C=O) groups excluding carboxylic acids is 2. The van der Waals surface area contributed by atoms with Crippen LogP contribution in [0.2, 0.25) is 0 Å². The van der Waals surface area contributed by atoms with E-state index in [1.165, 1.54) is 4.90 Å². The summed E-state index contributed by atoms with van der Waals surface area (Å²) in [6.45, 7) is 1.93. The molecule has 4 heteroatoms. The number of anilines is 1. The third kappa shape index (κ3) is 3.93. The molecule has 21 heavy (non-hydrogen) atoms. The fourth-order valence-corrected chi connectivity index (χ4v) is 2.39. The van der Waals surface area contributed by atoms with E-state index in [4.69, 9.17) is 5.11 Å². The maximum Gasteiger partial charge on any atom is 0.233 e. The molecule has 2 amide bonds. The topological polar surface area (TPSA) is 57.6 Å². The number of carbonyl (C=O) groups is 2. The highest BCUT2D eigenvalue weighted by Crippen LogP contribution is 2.24. The van der Waals surface area contributed by atoms with Crippen LogP contribution in [0.5, 0.6) is 0 Å². The first-order valence-corrected chi connectivity index (χ1v) is 7.19. The molecule has 1 fully saturated rings. The molecule has 1 aromatic carbocycles. The number of nitrogens with zero attached hydrogens (tertiary/aromatic N) is 1. The summed E-state index contributed by atoms with van der Waals surface area (Å²) in [4.78, 5) is 25.6. The molecule has 1 aromatic rings. The van der Waals surface area contributed by atoms with Crippen molar-refractivity contribution in [2.45, 2.75) is 39.0 Å². The Kier molecular flexibility index (Phi) is 5.13.